The fourth-order valence-electron chi connectivity index (χ4n) is 2.00. The average molecular weight is 301 g/mol. The van der Waals surface area contributed by atoms with Gasteiger partial charge in [-0.25, -0.2) is 9.67 Å². The molecule has 116 valence electrons. The summed E-state index contributed by atoms with van der Waals surface area (Å²) in [5, 5.41) is 9.19. The Balaban J connectivity index is 1.84. The topological polar surface area (TPSA) is 88.9 Å². The zero-order chi connectivity index (χ0) is 15.9. The molecule has 1 heterocycles. The van der Waals surface area contributed by atoms with Crippen molar-refractivity contribution in [2.24, 2.45) is 0 Å². The lowest BCUT2D eigenvalue weighted by molar-refractivity contribution is -0.124. The number of hydrogen-bond acceptors (Lipinski definition) is 4. The number of amides is 2. The van der Waals surface area contributed by atoms with Crippen molar-refractivity contribution in [1.29, 1.82) is 0 Å². The van der Waals surface area contributed by atoms with Crippen LogP contribution in [-0.2, 0) is 16.1 Å². The summed E-state index contributed by atoms with van der Waals surface area (Å²) in [6.45, 7) is 4.07. The predicted octanol–water partition coefficient (Wildman–Crippen LogP) is 1.16. The number of carbonyl (C=O) groups is 2. The highest BCUT2D eigenvalue weighted by molar-refractivity contribution is 5.95. The van der Waals surface area contributed by atoms with Crippen LogP contribution in [0.5, 0.6) is 0 Å². The van der Waals surface area contributed by atoms with E-state index in [0.717, 1.165) is 11.3 Å². The first-order valence-electron chi connectivity index (χ1n) is 7.04. The van der Waals surface area contributed by atoms with Crippen molar-refractivity contribution in [3.8, 4) is 0 Å². The van der Waals surface area contributed by atoms with Gasteiger partial charge in [0.25, 0.3) is 0 Å². The molecule has 1 aromatic heterocycles. The van der Waals surface area contributed by atoms with Gasteiger partial charge in [0, 0.05) is 5.69 Å². The lowest BCUT2D eigenvalue weighted by Crippen LogP contribution is -2.35. The molecule has 0 radical (unpaired) electrons. The normalized spacial score (nSPS) is 10.5. The maximum Gasteiger partial charge on any atom is 0.243 e. The van der Waals surface area contributed by atoms with Gasteiger partial charge in [0.1, 0.15) is 19.2 Å². The SMILES string of the molecule is CC(C)c1ccccc1NC(=O)CNC(=O)Cn1cncn1. The van der Waals surface area contributed by atoms with E-state index in [0.29, 0.717) is 5.92 Å². The summed E-state index contributed by atoms with van der Waals surface area (Å²) in [6.07, 6.45) is 2.79. The number of aromatic nitrogens is 3. The second-order valence-electron chi connectivity index (χ2n) is 5.16. The van der Waals surface area contributed by atoms with Gasteiger partial charge in [-0.1, -0.05) is 32.0 Å². The van der Waals surface area contributed by atoms with Crippen molar-refractivity contribution in [2.45, 2.75) is 26.3 Å². The van der Waals surface area contributed by atoms with Crippen molar-refractivity contribution in [3.05, 3.63) is 42.5 Å². The van der Waals surface area contributed by atoms with Crippen LogP contribution in [0.4, 0.5) is 5.69 Å². The van der Waals surface area contributed by atoms with Crippen molar-refractivity contribution in [1.82, 2.24) is 20.1 Å². The number of benzene rings is 1. The largest absolute Gasteiger partial charge is 0.345 e. The van der Waals surface area contributed by atoms with E-state index in [1.54, 1.807) is 0 Å². The summed E-state index contributed by atoms with van der Waals surface area (Å²) < 4.78 is 1.39. The Morgan fingerprint density at radius 3 is 2.68 bits per heavy atom. The van der Waals surface area contributed by atoms with E-state index in [9.17, 15) is 9.59 Å². The Kier molecular flexibility index (Phi) is 5.24. The number of rotatable bonds is 6. The van der Waals surface area contributed by atoms with Gasteiger partial charge in [-0.05, 0) is 17.5 Å². The molecule has 0 aliphatic heterocycles. The maximum absolute atomic E-state index is 11.9. The van der Waals surface area contributed by atoms with E-state index >= 15 is 0 Å². The first-order chi connectivity index (χ1) is 10.6. The molecule has 2 rings (SSSR count). The van der Waals surface area contributed by atoms with Crippen LogP contribution in [0.3, 0.4) is 0 Å². The molecule has 2 aromatic rings. The minimum absolute atomic E-state index is 0.0376. The number of carbonyl (C=O) groups excluding carboxylic acids is 2. The Hall–Kier alpha value is -2.70. The standard InChI is InChI=1S/C15H19N5O2/c1-11(2)12-5-3-4-6-13(12)19-14(21)7-17-15(22)8-20-10-16-9-18-20/h3-6,9-11H,7-8H2,1-2H3,(H,17,22)(H,19,21). The summed E-state index contributed by atoms with van der Waals surface area (Å²) in [5.74, 6) is -0.253. The maximum atomic E-state index is 11.9. The minimum atomic E-state index is -0.294. The molecule has 2 N–H and O–H groups in total. The summed E-state index contributed by atoms with van der Waals surface area (Å²) in [5.41, 5.74) is 1.83. The fraction of sp³-hybridized carbons (Fsp3) is 0.333. The molecule has 2 amide bonds. The molecule has 0 saturated carbocycles. The number of anilines is 1. The summed E-state index contributed by atoms with van der Waals surface area (Å²) in [7, 11) is 0. The Labute approximate surface area is 128 Å². The molecular formula is C15H19N5O2. The third kappa shape index (κ3) is 4.41. The van der Waals surface area contributed by atoms with Crippen LogP contribution < -0.4 is 10.6 Å². The van der Waals surface area contributed by atoms with Crippen molar-refractivity contribution in [2.75, 3.05) is 11.9 Å². The van der Waals surface area contributed by atoms with Gasteiger partial charge in [-0.3, -0.25) is 9.59 Å². The average Bonchev–Trinajstić information content (AvgIpc) is 2.98. The minimum Gasteiger partial charge on any atom is -0.345 e. The summed E-state index contributed by atoms with van der Waals surface area (Å²) >= 11 is 0. The fourth-order valence-corrected chi connectivity index (χ4v) is 2.00. The molecule has 0 bridgehead atoms. The van der Waals surface area contributed by atoms with Crippen LogP contribution in [0.25, 0.3) is 0 Å². The molecule has 7 heteroatoms. The lowest BCUT2D eigenvalue weighted by atomic mass is 10.0. The van der Waals surface area contributed by atoms with Crippen molar-refractivity contribution in [3.63, 3.8) is 0 Å². The van der Waals surface area contributed by atoms with Gasteiger partial charge in [0.15, 0.2) is 0 Å². The van der Waals surface area contributed by atoms with E-state index in [-0.39, 0.29) is 24.9 Å². The molecule has 0 spiro atoms. The summed E-state index contributed by atoms with van der Waals surface area (Å²) in [6, 6.07) is 7.63. The van der Waals surface area contributed by atoms with Crippen molar-refractivity contribution < 1.29 is 9.59 Å². The van der Waals surface area contributed by atoms with Gasteiger partial charge in [-0.2, -0.15) is 5.10 Å². The second-order valence-corrected chi connectivity index (χ2v) is 5.16. The molecule has 7 nitrogen and oxygen atoms in total. The molecule has 0 saturated heterocycles. The highest BCUT2D eigenvalue weighted by Crippen LogP contribution is 2.23. The number of hydrogen-bond donors (Lipinski definition) is 2. The monoisotopic (exact) mass is 301 g/mol. The third-order valence-corrected chi connectivity index (χ3v) is 3.08. The smallest absolute Gasteiger partial charge is 0.243 e. The predicted molar refractivity (Wildman–Crippen MR) is 82.2 cm³/mol. The zero-order valence-corrected chi connectivity index (χ0v) is 12.6. The Morgan fingerprint density at radius 2 is 2.00 bits per heavy atom. The van der Waals surface area contributed by atoms with Gasteiger partial charge in [0.05, 0.1) is 6.54 Å². The molecular weight excluding hydrogens is 282 g/mol. The van der Waals surface area contributed by atoms with Crippen LogP contribution in [0.2, 0.25) is 0 Å². The number of nitrogens with one attached hydrogen (secondary N) is 2. The first kappa shape index (κ1) is 15.7. The molecule has 0 fully saturated rings. The van der Waals surface area contributed by atoms with Gasteiger partial charge in [0.2, 0.25) is 11.8 Å². The molecule has 0 aliphatic carbocycles. The highest BCUT2D eigenvalue weighted by atomic mass is 16.2. The van der Waals surface area contributed by atoms with E-state index in [1.807, 2.05) is 24.3 Å². The van der Waals surface area contributed by atoms with Crippen LogP contribution in [0.1, 0.15) is 25.3 Å². The van der Waals surface area contributed by atoms with E-state index in [1.165, 1.54) is 17.3 Å². The van der Waals surface area contributed by atoms with Crippen LogP contribution in [-0.4, -0.2) is 33.1 Å². The molecule has 0 aliphatic rings. The van der Waals surface area contributed by atoms with Crippen molar-refractivity contribution >= 4 is 17.5 Å². The molecule has 22 heavy (non-hydrogen) atoms. The summed E-state index contributed by atoms with van der Waals surface area (Å²) in [4.78, 5) is 27.3. The highest BCUT2D eigenvalue weighted by Gasteiger charge is 2.10. The van der Waals surface area contributed by atoms with Gasteiger partial charge in [-0.15, -0.1) is 0 Å². The van der Waals surface area contributed by atoms with E-state index in [2.05, 4.69) is 34.6 Å². The lowest BCUT2D eigenvalue weighted by Gasteiger charge is -2.13. The Bertz CT molecular complexity index is 637. The van der Waals surface area contributed by atoms with Gasteiger partial charge < -0.3 is 10.6 Å². The molecule has 1 aromatic carbocycles. The van der Waals surface area contributed by atoms with Gasteiger partial charge >= 0.3 is 0 Å². The van der Waals surface area contributed by atoms with Crippen LogP contribution in [0, 0.1) is 0 Å². The third-order valence-electron chi connectivity index (χ3n) is 3.08. The van der Waals surface area contributed by atoms with Crippen LogP contribution in [0.15, 0.2) is 36.9 Å². The zero-order valence-electron chi connectivity index (χ0n) is 12.6. The second kappa shape index (κ2) is 7.35. The first-order valence-corrected chi connectivity index (χ1v) is 7.04. The molecule has 0 atom stereocenters. The van der Waals surface area contributed by atoms with Crippen LogP contribution >= 0.6 is 0 Å². The van der Waals surface area contributed by atoms with E-state index in [4.69, 9.17) is 0 Å². The number of para-hydroxylation sites is 1. The van der Waals surface area contributed by atoms with E-state index < -0.39 is 0 Å². The molecule has 0 unspecified atom stereocenters. The number of nitrogens with zero attached hydrogens (tertiary/aromatic N) is 3. The Morgan fingerprint density at radius 1 is 1.23 bits per heavy atom. The quantitative estimate of drug-likeness (QED) is 0.838.